The molecule has 1 heterocycles. The van der Waals surface area contributed by atoms with Crippen molar-refractivity contribution in [2.24, 2.45) is 0 Å². The maximum Gasteiger partial charge on any atom is 0.266 e. The Balaban J connectivity index is 2.12. The normalized spacial score (nSPS) is 10.9. The number of ether oxygens (including phenoxy) is 1. The molecule has 3 aromatic carbocycles. The maximum atomic E-state index is 13.3. The fraction of sp³-hybridized carbons (Fsp3) is 0.0476. The highest BCUT2D eigenvalue weighted by Crippen LogP contribution is 2.31. The second-order valence-electron chi connectivity index (χ2n) is 5.89. The average molecular weight is 397 g/mol. The Morgan fingerprint density at radius 2 is 1.56 bits per heavy atom. The van der Waals surface area contributed by atoms with E-state index in [1.54, 1.807) is 37.4 Å². The number of para-hydroxylation sites is 2. The SMILES string of the molecule is COc1ccc(-c2nc3ccccc3c(=O)n2-c2c(Cl)cccc2Cl)cc1. The number of hydrogen-bond acceptors (Lipinski definition) is 3. The Kier molecular flexibility index (Phi) is 4.60. The highest BCUT2D eigenvalue weighted by atomic mass is 35.5. The molecule has 27 heavy (non-hydrogen) atoms. The maximum absolute atomic E-state index is 13.3. The molecule has 0 aliphatic heterocycles. The van der Waals surface area contributed by atoms with Crippen molar-refractivity contribution in [3.05, 3.63) is 87.1 Å². The number of hydrogen-bond donors (Lipinski definition) is 0. The van der Waals surface area contributed by atoms with E-state index in [0.29, 0.717) is 38.2 Å². The van der Waals surface area contributed by atoms with Gasteiger partial charge < -0.3 is 4.74 Å². The minimum atomic E-state index is -0.235. The fourth-order valence-corrected chi connectivity index (χ4v) is 3.54. The van der Waals surface area contributed by atoms with Crippen molar-refractivity contribution >= 4 is 34.1 Å². The van der Waals surface area contributed by atoms with Crippen LogP contribution in [0, 0.1) is 0 Å². The van der Waals surface area contributed by atoms with E-state index in [9.17, 15) is 4.79 Å². The van der Waals surface area contributed by atoms with E-state index in [1.165, 1.54) is 4.57 Å². The van der Waals surface area contributed by atoms with Gasteiger partial charge in [0.05, 0.1) is 33.7 Å². The van der Waals surface area contributed by atoms with Crippen molar-refractivity contribution in [2.45, 2.75) is 0 Å². The van der Waals surface area contributed by atoms with Gasteiger partial charge in [-0.25, -0.2) is 4.98 Å². The smallest absolute Gasteiger partial charge is 0.266 e. The molecule has 6 heteroatoms. The molecule has 0 unspecified atom stereocenters. The first-order valence-corrected chi connectivity index (χ1v) is 8.96. The van der Waals surface area contributed by atoms with Gasteiger partial charge in [-0.15, -0.1) is 0 Å². The summed E-state index contributed by atoms with van der Waals surface area (Å²) in [4.78, 5) is 18.1. The monoisotopic (exact) mass is 396 g/mol. The summed E-state index contributed by atoms with van der Waals surface area (Å²) in [6.07, 6.45) is 0. The number of methoxy groups -OCH3 is 1. The van der Waals surface area contributed by atoms with E-state index in [4.69, 9.17) is 32.9 Å². The molecule has 0 bridgehead atoms. The Morgan fingerprint density at radius 1 is 0.889 bits per heavy atom. The van der Waals surface area contributed by atoms with Gasteiger partial charge in [-0.1, -0.05) is 41.4 Å². The van der Waals surface area contributed by atoms with Crippen LogP contribution in [-0.2, 0) is 0 Å². The molecule has 4 rings (SSSR count). The quantitative estimate of drug-likeness (QED) is 0.467. The van der Waals surface area contributed by atoms with Crippen LogP contribution in [0.4, 0.5) is 0 Å². The molecule has 0 saturated heterocycles. The molecule has 0 spiro atoms. The fourth-order valence-electron chi connectivity index (χ4n) is 2.98. The van der Waals surface area contributed by atoms with Crippen molar-refractivity contribution in [1.82, 2.24) is 9.55 Å². The standard InChI is InChI=1S/C21H14Cl2N2O2/c1-27-14-11-9-13(10-12-14)20-24-18-8-3-2-5-15(18)21(26)25(20)19-16(22)6-4-7-17(19)23/h2-12H,1H3. The Morgan fingerprint density at radius 3 is 2.22 bits per heavy atom. The molecule has 4 nitrogen and oxygen atoms in total. The van der Waals surface area contributed by atoms with Crippen molar-refractivity contribution < 1.29 is 4.74 Å². The van der Waals surface area contributed by atoms with Gasteiger partial charge in [-0.05, 0) is 48.5 Å². The number of benzene rings is 3. The molecule has 0 amide bonds. The molecule has 4 aromatic rings. The molecule has 0 fully saturated rings. The van der Waals surface area contributed by atoms with Crippen LogP contribution in [0.25, 0.3) is 28.0 Å². The van der Waals surface area contributed by atoms with Gasteiger partial charge in [-0.3, -0.25) is 9.36 Å². The van der Waals surface area contributed by atoms with Crippen molar-refractivity contribution in [3.63, 3.8) is 0 Å². The van der Waals surface area contributed by atoms with E-state index in [2.05, 4.69) is 0 Å². The summed E-state index contributed by atoms with van der Waals surface area (Å²) in [6, 6.07) is 19.6. The number of halogens is 2. The summed E-state index contributed by atoms with van der Waals surface area (Å²) in [6.45, 7) is 0. The zero-order valence-electron chi connectivity index (χ0n) is 14.3. The summed E-state index contributed by atoms with van der Waals surface area (Å²) >= 11 is 12.8. The topological polar surface area (TPSA) is 44.1 Å². The van der Waals surface area contributed by atoms with Gasteiger partial charge in [0.15, 0.2) is 0 Å². The molecule has 0 N–H and O–H groups in total. The van der Waals surface area contributed by atoms with Crippen LogP contribution in [0.3, 0.4) is 0 Å². The van der Waals surface area contributed by atoms with E-state index in [0.717, 1.165) is 5.56 Å². The largest absolute Gasteiger partial charge is 0.497 e. The Bertz CT molecular complexity index is 1180. The van der Waals surface area contributed by atoms with Crippen LogP contribution < -0.4 is 10.3 Å². The van der Waals surface area contributed by atoms with Crippen LogP contribution in [0.15, 0.2) is 71.5 Å². The third kappa shape index (κ3) is 3.07. The van der Waals surface area contributed by atoms with E-state index in [1.807, 2.05) is 36.4 Å². The minimum Gasteiger partial charge on any atom is -0.497 e. The third-order valence-corrected chi connectivity index (χ3v) is 4.90. The first-order chi connectivity index (χ1) is 13.1. The first-order valence-electron chi connectivity index (χ1n) is 8.21. The Hall–Kier alpha value is -2.82. The molecule has 0 radical (unpaired) electrons. The van der Waals surface area contributed by atoms with Crippen molar-refractivity contribution in [2.75, 3.05) is 7.11 Å². The van der Waals surface area contributed by atoms with Gasteiger partial charge in [0.1, 0.15) is 11.6 Å². The molecule has 0 atom stereocenters. The lowest BCUT2D eigenvalue weighted by Crippen LogP contribution is -2.22. The highest BCUT2D eigenvalue weighted by molar-refractivity contribution is 6.37. The van der Waals surface area contributed by atoms with Crippen LogP contribution >= 0.6 is 23.2 Å². The number of nitrogens with zero attached hydrogens (tertiary/aromatic N) is 2. The summed E-state index contributed by atoms with van der Waals surface area (Å²) in [5.41, 5.74) is 1.53. The van der Waals surface area contributed by atoms with Crippen LogP contribution in [-0.4, -0.2) is 16.7 Å². The molecule has 0 aliphatic rings. The zero-order valence-corrected chi connectivity index (χ0v) is 15.8. The molecule has 0 aliphatic carbocycles. The number of aromatic nitrogens is 2. The van der Waals surface area contributed by atoms with Gasteiger partial charge >= 0.3 is 0 Å². The lowest BCUT2D eigenvalue weighted by molar-refractivity contribution is 0.415. The van der Waals surface area contributed by atoms with Crippen LogP contribution in [0.5, 0.6) is 5.75 Å². The second-order valence-corrected chi connectivity index (χ2v) is 6.71. The van der Waals surface area contributed by atoms with Crippen molar-refractivity contribution in [1.29, 1.82) is 0 Å². The van der Waals surface area contributed by atoms with E-state index < -0.39 is 0 Å². The lowest BCUT2D eigenvalue weighted by atomic mass is 10.1. The van der Waals surface area contributed by atoms with Crippen molar-refractivity contribution in [3.8, 4) is 22.8 Å². The summed E-state index contributed by atoms with van der Waals surface area (Å²) in [7, 11) is 1.60. The van der Waals surface area contributed by atoms with Gasteiger partial charge in [0, 0.05) is 5.56 Å². The molecule has 1 aromatic heterocycles. The number of rotatable bonds is 3. The summed E-state index contributed by atoms with van der Waals surface area (Å²) < 4.78 is 6.69. The second kappa shape index (κ2) is 7.06. The lowest BCUT2D eigenvalue weighted by Gasteiger charge is -2.16. The summed E-state index contributed by atoms with van der Waals surface area (Å²) in [5, 5.41) is 1.23. The van der Waals surface area contributed by atoms with E-state index in [-0.39, 0.29) is 5.56 Å². The average Bonchev–Trinajstić information content (AvgIpc) is 2.69. The number of fused-ring (bicyclic) bond motifs is 1. The molecular formula is C21H14Cl2N2O2. The first kappa shape index (κ1) is 17.6. The van der Waals surface area contributed by atoms with Gasteiger partial charge in [0.2, 0.25) is 0 Å². The predicted molar refractivity (Wildman–Crippen MR) is 109 cm³/mol. The Labute approximate surface area is 165 Å². The summed E-state index contributed by atoms with van der Waals surface area (Å²) in [5.74, 6) is 1.17. The minimum absolute atomic E-state index is 0.235. The third-order valence-electron chi connectivity index (χ3n) is 4.29. The van der Waals surface area contributed by atoms with Crippen LogP contribution in [0.2, 0.25) is 10.0 Å². The molecule has 134 valence electrons. The van der Waals surface area contributed by atoms with Gasteiger partial charge in [0.25, 0.3) is 5.56 Å². The zero-order chi connectivity index (χ0) is 19.0. The van der Waals surface area contributed by atoms with E-state index >= 15 is 0 Å². The highest BCUT2D eigenvalue weighted by Gasteiger charge is 2.18. The van der Waals surface area contributed by atoms with Crippen LogP contribution in [0.1, 0.15) is 0 Å². The molecular weight excluding hydrogens is 383 g/mol. The molecule has 0 saturated carbocycles. The predicted octanol–water partition coefficient (Wildman–Crippen LogP) is 5.37. The van der Waals surface area contributed by atoms with Gasteiger partial charge in [-0.2, -0.15) is 0 Å².